The highest BCUT2D eigenvalue weighted by atomic mass is 32.2. The molecule has 2 aromatic heterocycles. The van der Waals surface area contributed by atoms with Gasteiger partial charge in [-0.05, 0) is 38.8 Å². The smallest absolute Gasteiger partial charge is 0.240 e. The number of anilines is 2. The first-order chi connectivity index (χ1) is 19.9. The summed E-state index contributed by atoms with van der Waals surface area (Å²) in [6.07, 6.45) is 4.32. The van der Waals surface area contributed by atoms with Gasteiger partial charge in [0.1, 0.15) is 23.5 Å². The SMILES string of the molecule is CC(C)NCCOc1ncc(-c2cc3c4c(cnc3cc2F)N(C)C(=O)C42CN(C(C)C)C2)cc1NS(=O)(=O)C1CC1. The van der Waals surface area contributed by atoms with E-state index < -0.39 is 26.5 Å². The zero-order chi connectivity index (χ0) is 30.0. The van der Waals surface area contributed by atoms with E-state index in [2.05, 4.69) is 38.8 Å². The van der Waals surface area contributed by atoms with Crippen LogP contribution in [0.3, 0.4) is 0 Å². The lowest BCUT2D eigenvalue weighted by Crippen LogP contribution is -2.65. The number of halogens is 1. The average molecular weight is 597 g/mol. The van der Waals surface area contributed by atoms with Crippen LogP contribution in [0.4, 0.5) is 15.8 Å². The number of amides is 1. The zero-order valence-electron chi connectivity index (χ0n) is 24.6. The molecule has 0 radical (unpaired) electrons. The summed E-state index contributed by atoms with van der Waals surface area (Å²) in [5, 5.41) is 3.49. The van der Waals surface area contributed by atoms with E-state index >= 15 is 4.39 Å². The number of fused-ring (bicyclic) bond motifs is 4. The van der Waals surface area contributed by atoms with Crippen LogP contribution in [-0.2, 0) is 20.2 Å². The standard InChI is InChI=1S/C30H37FN6O4S/c1-17(2)32-8-9-41-28-25(35-42(39,40)20-6-7-20)10-19(13-34-28)21-11-22-24(12-23(21)31)33-14-26-27(22)30(29(38)36(26)5)15-37(16-30)18(3)4/h10-14,17-18,20,32,35H,6-9,15-16H2,1-5H3. The minimum atomic E-state index is -3.63. The lowest BCUT2D eigenvalue weighted by molar-refractivity contribution is -0.130. The van der Waals surface area contributed by atoms with Crippen molar-refractivity contribution in [3.05, 3.63) is 42.0 Å². The molecule has 3 aromatic rings. The second-order valence-electron chi connectivity index (χ2n) is 12.2. The number of hydrogen-bond donors (Lipinski definition) is 2. The fourth-order valence-electron chi connectivity index (χ4n) is 5.92. The number of hydrogen-bond acceptors (Lipinski definition) is 8. The van der Waals surface area contributed by atoms with E-state index in [1.54, 1.807) is 30.3 Å². The van der Waals surface area contributed by atoms with Crippen LogP contribution in [0.1, 0.15) is 46.1 Å². The summed E-state index contributed by atoms with van der Waals surface area (Å²) in [6.45, 7) is 10.2. The molecule has 4 heterocycles. The monoisotopic (exact) mass is 596 g/mol. The fraction of sp³-hybridized carbons (Fsp3) is 0.500. The molecule has 1 spiro atoms. The van der Waals surface area contributed by atoms with Crippen LogP contribution in [0.25, 0.3) is 22.0 Å². The molecule has 3 aliphatic rings. The maximum atomic E-state index is 15.7. The predicted octanol–water partition coefficient (Wildman–Crippen LogP) is 3.66. The van der Waals surface area contributed by atoms with Gasteiger partial charge in [-0.1, -0.05) is 13.8 Å². The number of sulfonamides is 1. The molecule has 42 heavy (non-hydrogen) atoms. The van der Waals surface area contributed by atoms with Gasteiger partial charge in [0.25, 0.3) is 0 Å². The van der Waals surface area contributed by atoms with Crippen molar-refractivity contribution in [2.45, 2.75) is 63.3 Å². The van der Waals surface area contributed by atoms with Crippen LogP contribution < -0.4 is 19.7 Å². The molecule has 6 rings (SSSR count). The molecule has 2 fully saturated rings. The molecule has 0 unspecified atom stereocenters. The first kappa shape index (κ1) is 28.8. The molecule has 1 saturated heterocycles. The molecule has 2 aliphatic heterocycles. The van der Waals surface area contributed by atoms with Crippen molar-refractivity contribution in [1.82, 2.24) is 20.2 Å². The van der Waals surface area contributed by atoms with Crippen LogP contribution in [0.15, 0.2) is 30.6 Å². The summed E-state index contributed by atoms with van der Waals surface area (Å²) in [5.74, 6) is -0.375. The summed E-state index contributed by atoms with van der Waals surface area (Å²) in [7, 11) is -1.88. The first-order valence-electron chi connectivity index (χ1n) is 14.4. The van der Waals surface area contributed by atoms with Crippen molar-refractivity contribution in [3.63, 3.8) is 0 Å². The van der Waals surface area contributed by atoms with E-state index in [4.69, 9.17) is 4.74 Å². The van der Waals surface area contributed by atoms with Crippen molar-refractivity contribution in [2.75, 3.05) is 42.9 Å². The largest absolute Gasteiger partial charge is 0.475 e. The van der Waals surface area contributed by atoms with E-state index in [0.29, 0.717) is 55.0 Å². The number of aromatic nitrogens is 2. The third kappa shape index (κ3) is 4.88. The van der Waals surface area contributed by atoms with Gasteiger partial charge in [0, 0.05) is 73.1 Å². The number of pyridine rings is 2. The molecule has 2 N–H and O–H groups in total. The normalized spacial score (nSPS) is 18.3. The number of rotatable bonds is 10. The molecule has 224 valence electrons. The van der Waals surface area contributed by atoms with Gasteiger partial charge in [0.05, 0.1) is 22.7 Å². The number of nitrogens with zero attached hydrogens (tertiary/aromatic N) is 4. The Labute approximate surface area is 245 Å². The van der Waals surface area contributed by atoms with Crippen molar-refractivity contribution in [1.29, 1.82) is 0 Å². The Morgan fingerprint density at radius 3 is 2.52 bits per heavy atom. The Hall–Kier alpha value is -3.35. The Morgan fingerprint density at radius 1 is 1.12 bits per heavy atom. The number of carbonyl (C=O) groups excluding carboxylic acids is 1. The van der Waals surface area contributed by atoms with E-state index in [1.165, 1.54) is 12.3 Å². The summed E-state index contributed by atoms with van der Waals surface area (Å²) in [5.41, 5.74) is 2.12. The van der Waals surface area contributed by atoms with Gasteiger partial charge in [0.2, 0.25) is 21.8 Å². The second-order valence-corrected chi connectivity index (χ2v) is 14.2. The summed E-state index contributed by atoms with van der Waals surface area (Å²) in [4.78, 5) is 26.3. The first-order valence-corrected chi connectivity index (χ1v) is 16.0. The van der Waals surface area contributed by atoms with Gasteiger partial charge < -0.3 is 15.0 Å². The Kier molecular flexibility index (Phi) is 7.14. The van der Waals surface area contributed by atoms with Crippen molar-refractivity contribution in [3.8, 4) is 17.0 Å². The van der Waals surface area contributed by atoms with E-state index in [-0.39, 0.29) is 35.7 Å². The van der Waals surface area contributed by atoms with Gasteiger partial charge in [-0.15, -0.1) is 0 Å². The summed E-state index contributed by atoms with van der Waals surface area (Å²) >= 11 is 0. The van der Waals surface area contributed by atoms with Gasteiger partial charge in [0.15, 0.2) is 0 Å². The van der Waals surface area contributed by atoms with Crippen LogP contribution in [0, 0.1) is 5.82 Å². The fourth-order valence-corrected chi connectivity index (χ4v) is 7.30. The molecule has 10 nitrogen and oxygen atoms in total. The zero-order valence-corrected chi connectivity index (χ0v) is 25.4. The highest BCUT2D eigenvalue weighted by Crippen LogP contribution is 2.50. The predicted molar refractivity (Wildman–Crippen MR) is 161 cm³/mol. The van der Waals surface area contributed by atoms with Crippen molar-refractivity contribution >= 4 is 38.2 Å². The van der Waals surface area contributed by atoms with Crippen LogP contribution >= 0.6 is 0 Å². The summed E-state index contributed by atoms with van der Waals surface area (Å²) < 4.78 is 49.9. The van der Waals surface area contributed by atoms with Crippen molar-refractivity contribution in [2.24, 2.45) is 0 Å². The Morgan fingerprint density at radius 2 is 1.86 bits per heavy atom. The molecular weight excluding hydrogens is 559 g/mol. The average Bonchev–Trinajstić information content (AvgIpc) is 3.73. The molecule has 1 aromatic carbocycles. The van der Waals surface area contributed by atoms with E-state index in [9.17, 15) is 13.2 Å². The minimum absolute atomic E-state index is 0.0152. The van der Waals surface area contributed by atoms with Gasteiger partial charge in [-0.3, -0.25) is 19.4 Å². The van der Waals surface area contributed by atoms with Crippen LogP contribution in [0.2, 0.25) is 0 Å². The third-order valence-corrected chi connectivity index (χ3v) is 10.3. The lowest BCUT2D eigenvalue weighted by atomic mass is 9.72. The number of nitrogens with one attached hydrogen (secondary N) is 2. The molecule has 12 heteroatoms. The number of benzene rings is 1. The molecule has 1 saturated carbocycles. The third-order valence-electron chi connectivity index (χ3n) is 8.44. The second kappa shape index (κ2) is 10.4. The lowest BCUT2D eigenvalue weighted by Gasteiger charge is -2.49. The van der Waals surface area contributed by atoms with E-state index in [1.807, 2.05) is 13.8 Å². The molecule has 0 bridgehead atoms. The number of carbonyl (C=O) groups is 1. The van der Waals surface area contributed by atoms with Gasteiger partial charge in [-0.2, -0.15) is 0 Å². The minimum Gasteiger partial charge on any atom is -0.475 e. The van der Waals surface area contributed by atoms with Crippen molar-refractivity contribution < 1.29 is 22.3 Å². The number of likely N-dealkylation sites (N-methyl/N-ethyl adjacent to an activating group) is 1. The van der Waals surface area contributed by atoms with E-state index in [0.717, 1.165) is 11.3 Å². The highest BCUT2D eigenvalue weighted by molar-refractivity contribution is 7.93. The van der Waals surface area contributed by atoms with Gasteiger partial charge >= 0.3 is 0 Å². The molecular formula is C30H37FN6O4S. The topological polar surface area (TPSA) is 117 Å². The maximum Gasteiger partial charge on any atom is 0.240 e. The quantitative estimate of drug-likeness (QED) is 0.341. The molecule has 1 amide bonds. The number of ether oxygens (including phenoxy) is 1. The number of likely N-dealkylation sites (tertiary alicyclic amines) is 1. The Bertz CT molecular complexity index is 1670. The Balaban J connectivity index is 1.42. The molecule has 1 aliphatic carbocycles. The van der Waals surface area contributed by atoms with Crippen LogP contribution in [-0.4, -0.2) is 79.8 Å². The molecule has 0 atom stereocenters. The van der Waals surface area contributed by atoms with Crippen LogP contribution in [0.5, 0.6) is 5.88 Å². The maximum absolute atomic E-state index is 15.7. The summed E-state index contributed by atoms with van der Waals surface area (Å²) in [6, 6.07) is 5.22. The highest BCUT2D eigenvalue weighted by Gasteiger charge is 2.58. The van der Waals surface area contributed by atoms with Gasteiger partial charge in [-0.25, -0.2) is 17.8 Å².